The Morgan fingerprint density at radius 1 is 1.55 bits per heavy atom. The summed E-state index contributed by atoms with van der Waals surface area (Å²) in [4.78, 5) is 19.0. The highest BCUT2D eigenvalue weighted by Gasteiger charge is 2.05. The van der Waals surface area contributed by atoms with Gasteiger partial charge in [-0.2, -0.15) is 0 Å². The van der Waals surface area contributed by atoms with Crippen LogP contribution in [0.2, 0.25) is 0 Å². The number of aldehydes is 1. The Hall–Kier alpha value is -1.65. The highest BCUT2D eigenvalue weighted by Crippen LogP contribution is 1.95. The zero-order chi connectivity index (χ0) is 8.69. The molecule has 5 heteroatoms. The van der Waals surface area contributed by atoms with Crippen LogP contribution in [0.15, 0.2) is 24.1 Å². The summed E-state index contributed by atoms with van der Waals surface area (Å²) in [5.41, 5.74) is 0. The fourth-order valence-electron chi connectivity index (χ4n) is 0.387. The number of allylic oxidation sites excluding steroid dienone is 3. The number of rotatable bonds is 4. The third-order valence-corrected chi connectivity index (χ3v) is 0.818. The molecule has 60 valence electrons. The van der Waals surface area contributed by atoms with E-state index in [1.165, 1.54) is 13.2 Å². The van der Waals surface area contributed by atoms with Crippen molar-refractivity contribution in [1.29, 1.82) is 0 Å². The van der Waals surface area contributed by atoms with Crippen molar-refractivity contribution >= 4 is 6.29 Å². The Morgan fingerprint density at radius 3 is 2.55 bits per heavy atom. The van der Waals surface area contributed by atoms with E-state index in [2.05, 4.69) is 4.74 Å². The van der Waals surface area contributed by atoms with Crippen LogP contribution in [0, 0.1) is 10.1 Å². The smallest absolute Gasteiger partial charge is 0.427 e. The van der Waals surface area contributed by atoms with Gasteiger partial charge in [0.25, 0.3) is 0 Å². The molecule has 0 bridgehead atoms. The zero-order valence-corrected chi connectivity index (χ0v) is 5.89. The lowest BCUT2D eigenvalue weighted by Crippen LogP contribution is -1.99. The monoisotopic (exact) mass is 157 g/mol. The van der Waals surface area contributed by atoms with Crippen LogP contribution in [0.1, 0.15) is 0 Å². The second-order valence-electron chi connectivity index (χ2n) is 1.49. The van der Waals surface area contributed by atoms with Crippen molar-refractivity contribution in [2.75, 3.05) is 7.11 Å². The van der Waals surface area contributed by atoms with Crippen molar-refractivity contribution in [3.8, 4) is 0 Å². The third kappa shape index (κ3) is 3.85. The SMILES string of the molecule is CO/C(=C\C=C\C=O)[N+](=O)[O-]. The number of nitrogens with zero attached hydrogens (tertiary/aromatic N) is 1. The molecule has 0 saturated heterocycles. The summed E-state index contributed by atoms with van der Waals surface area (Å²) in [7, 11) is 1.18. The minimum Gasteiger partial charge on any atom is -0.444 e. The molecule has 0 aromatic rings. The second kappa shape index (κ2) is 5.16. The lowest BCUT2D eigenvalue weighted by atomic mass is 10.5. The van der Waals surface area contributed by atoms with Crippen molar-refractivity contribution in [2.24, 2.45) is 0 Å². The quantitative estimate of drug-likeness (QED) is 0.149. The molecule has 11 heavy (non-hydrogen) atoms. The minimum atomic E-state index is -0.685. The number of carbonyl (C=O) groups is 1. The van der Waals surface area contributed by atoms with E-state index in [9.17, 15) is 14.9 Å². The van der Waals surface area contributed by atoms with E-state index in [1.807, 2.05) is 0 Å². The van der Waals surface area contributed by atoms with Gasteiger partial charge in [-0.3, -0.25) is 14.9 Å². The van der Waals surface area contributed by atoms with Crippen molar-refractivity contribution in [1.82, 2.24) is 0 Å². The molecular formula is C6H7NO4. The van der Waals surface area contributed by atoms with Gasteiger partial charge in [-0.1, -0.05) is 0 Å². The molecule has 0 amide bonds. The maximum atomic E-state index is 10.0. The van der Waals surface area contributed by atoms with Crippen LogP contribution in [0.5, 0.6) is 0 Å². The lowest BCUT2D eigenvalue weighted by molar-refractivity contribution is -0.461. The van der Waals surface area contributed by atoms with E-state index in [1.54, 1.807) is 0 Å². The van der Waals surface area contributed by atoms with E-state index in [0.29, 0.717) is 6.29 Å². The Kier molecular flexibility index (Phi) is 4.39. The largest absolute Gasteiger partial charge is 0.444 e. The minimum absolute atomic E-state index is 0.400. The van der Waals surface area contributed by atoms with Gasteiger partial charge in [0.15, 0.2) is 0 Å². The van der Waals surface area contributed by atoms with E-state index in [0.717, 1.165) is 12.2 Å². The van der Waals surface area contributed by atoms with Gasteiger partial charge in [-0.25, -0.2) is 0 Å². The number of ether oxygens (including phenoxy) is 1. The molecule has 0 saturated carbocycles. The van der Waals surface area contributed by atoms with Gasteiger partial charge in [0.1, 0.15) is 11.2 Å². The normalized spacial score (nSPS) is 11.5. The fraction of sp³-hybridized carbons (Fsp3) is 0.167. The van der Waals surface area contributed by atoms with Crippen LogP contribution in [0.25, 0.3) is 0 Å². The van der Waals surface area contributed by atoms with E-state index >= 15 is 0 Å². The van der Waals surface area contributed by atoms with Gasteiger partial charge >= 0.3 is 5.88 Å². The summed E-state index contributed by atoms with van der Waals surface area (Å²) < 4.78 is 4.35. The molecule has 0 heterocycles. The van der Waals surface area contributed by atoms with E-state index in [4.69, 9.17) is 0 Å². The summed E-state index contributed by atoms with van der Waals surface area (Å²) in [6, 6.07) is 0. The fourth-order valence-corrected chi connectivity index (χ4v) is 0.387. The van der Waals surface area contributed by atoms with Gasteiger partial charge in [0, 0.05) is 0 Å². The maximum Gasteiger partial charge on any atom is 0.427 e. The molecule has 0 aromatic carbocycles. The highest BCUT2D eigenvalue weighted by atomic mass is 16.7. The predicted octanol–water partition coefficient (Wildman–Crippen LogP) is 0.506. The number of nitro groups is 1. The van der Waals surface area contributed by atoms with Gasteiger partial charge in [-0.05, 0) is 12.2 Å². The number of carbonyl (C=O) groups excluding carboxylic acids is 1. The molecule has 5 nitrogen and oxygen atoms in total. The molecule has 0 aliphatic carbocycles. The Morgan fingerprint density at radius 2 is 2.18 bits per heavy atom. The van der Waals surface area contributed by atoms with Gasteiger partial charge in [0.05, 0.1) is 13.2 Å². The molecule has 0 fully saturated rings. The van der Waals surface area contributed by atoms with Crippen molar-refractivity contribution in [2.45, 2.75) is 0 Å². The van der Waals surface area contributed by atoms with Gasteiger partial charge in [-0.15, -0.1) is 0 Å². The Labute approximate surface area is 63.1 Å². The maximum absolute atomic E-state index is 10.0. The molecule has 0 spiro atoms. The summed E-state index contributed by atoms with van der Waals surface area (Å²) in [5, 5.41) is 10.0. The molecular weight excluding hydrogens is 150 g/mol. The first-order chi connectivity index (χ1) is 5.22. The second-order valence-corrected chi connectivity index (χ2v) is 1.49. The molecule has 0 rings (SSSR count). The van der Waals surface area contributed by atoms with Crippen LogP contribution in [-0.2, 0) is 9.53 Å². The van der Waals surface area contributed by atoms with E-state index < -0.39 is 10.8 Å². The molecule has 0 atom stereocenters. The van der Waals surface area contributed by atoms with Crippen molar-refractivity contribution < 1.29 is 14.5 Å². The van der Waals surface area contributed by atoms with Crippen LogP contribution in [-0.4, -0.2) is 18.3 Å². The van der Waals surface area contributed by atoms with Crippen LogP contribution < -0.4 is 0 Å². The highest BCUT2D eigenvalue weighted by molar-refractivity contribution is 5.65. The predicted molar refractivity (Wildman–Crippen MR) is 37.3 cm³/mol. The average Bonchev–Trinajstić information content (AvgIpc) is 1.97. The van der Waals surface area contributed by atoms with Crippen LogP contribution in [0.3, 0.4) is 0 Å². The molecule has 0 aromatic heterocycles. The van der Waals surface area contributed by atoms with Crippen molar-refractivity contribution in [3.05, 3.63) is 34.2 Å². The first-order valence-electron chi connectivity index (χ1n) is 2.73. The van der Waals surface area contributed by atoms with Crippen LogP contribution >= 0.6 is 0 Å². The lowest BCUT2D eigenvalue weighted by Gasteiger charge is -1.91. The number of hydrogen-bond donors (Lipinski definition) is 0. The Balaban J connectivity index is 4.23. The van der Waals surface area contributed by atoms with E-state index in [-0.39, 0.29) is 0 Å². The topological polar surface area (TPSA) is 69.4 Å². The third-order valence-electron chi connectivity index (χ3n) is 0.818. The van der Waals surface area contributed by atoms with Crippen LogP contribution in [0.4, 0.5) is 0 Å². The first kappa shape index (κ1) is 9.35. The summed E-state index contributed by atoms with van der Waals surface area (Å²) in [6.45, 7) is 0. The molecule has 0 N–H and O–H groups in total. The average molecular weight is 157 g/mol. The number of methoxy groups -OCH3 is 1. The summed E-state index contributed by atoms with van der Waals surface area (Å²) >= 11 is 0. The first-order valence-corrected chi connectivity index (χ1v) is 2.73. The molecule has 0 aliphatic heterocycles. The van der Waals surface area contributed by atoms with Crippen molar-refractivity contribution in [3.63, 3.8) is 0 Å². The summed E-state index contributed by atoms with van der Waals surface area (Å²) in [6.07, 6.45) is 3.97. The van der Waals surface area contributed by atoms with Gasteiger partial charge in [0.2, 0.25) is 0 Å². The number of hydrogen-bond acceptors (Lipinski definition) is 4. The molecule has 0 aliphatic rings. The van der Waals surface area contributed by atoms with Gasteiger partial charge < -0.3 is 4.74 Å². The standard InChI is InChI=1S/C6H7NO4/c1-11-6(7(9)10)4-2-3-5-8/h2-5H,1H3/b3-2+,6-4-. The zero-order valence-electron chi connectivity index (χ0n) is 5.89. The molecule has 0 radical (unpaired) electrons. The summed E-state index contributed by atoms with van der Waals surface area (Å²) in [5.74, 6) is -0.400. The molecule has 0 unspecified atom stereocenters. The Bertz CT molecular complexity index is 207.